The second kappa shape index (κ2) is 5.28. The van der Waals surface area contributed by atoms with E-state index >= 15 is 0 Å². The van der Waals surface area contributed by atoms with Gasteiger partial charge in [-0.1, -0.05) is 42.5 Å². The summed E-state index contributed by atoms with van der Waals surface area (Å²) >= 11 is 0. The molecule has 0 unspecified atom stereocenters. The van der Waals surface area contributed by atoms with Crippen molar-refractivity contribution in [3.63, 3.8) is 0 Å². The largest absolute Gasteiger partial charge is 0.388 e. The van der Waals surface area contributed by atoms with E-state index in [1.165, 1.54) is 0 Å². The van der Waals surface area contributed by atoms with Gasteiger partial charge in [0.25, 0.3) is 0 Å². The molecule has 0 spiro atoms. The van der Waals surface area contributed by atoms with E-state index in [9.17, 15) is 5.11 Å². The van der Waals surface area contributed by atoms with Gasteiger partial charge in [0, 0.05) is 12.6 Å². The van der Waals surface area contributed by atoms with Gasteiger partial charge in [-0.15, -0.1) is 0 Å². The van der Waals surface area contributed by atoms with Gasteiger partial charge in [0.15, 0.2) is 0 Å². The van der Waals surface area contributed by atoms with Gasteiger partial charge in [-0.2, -0.15) is 0 Å². The van der Waals surface area contributed by atoms with Crippen LogP contribution in [0.15, 0.2) is 42.5 Å². The molecule has 0 bridgehead atoms. The van der Waals surface area contributed by atoms with Crippen LogP contribution in [0, 0.1) is 0 Å². The third-order valence-corrected chi connectivity index (χ3v) is 3.27. The number of likely N-dealkylation sites (N-methyl/N-ethyl adjacent to an activating group) is 1. The van der Waals surface area contributed by atoms with E-state index in [-0.39, 0.29) is 6.10 Å². The molecule has 0 fully saturated rings. The third-order valence-electron chi connectivity index (χ3n) is 3.27. The van der Waals surface area contributed by atoms with Crippen LogP contribution in [0.25, 0.3) is 0 Å². The van der Waals surface area contributed by atoms with E-state index in [1.54, 1.807) is 0 Å². The Morgan fingerprint density at radius 2 is 2.06 bits per heavy atom. The van der Waals surface area contributed by atoms with Crippen LogP contribution in [0.2, 0.25) is 0 Å². The number of hydrogen-bond donors (Lipinski definition) is 1. The van der Waals surface area contributed by atoms with Gasteiger partial charge >= 0.3 is 0 Å². The zero-order valence-corrected chi connectivity index (χ0v) is 9.71. The van der Waals surface area contributed by atoms with Gasteiger partial charge in [-0.3, -0.25) is 4.90 Å². The molecule has 0 saturated heterocycles. The highest BCUT2D eigenvalue weighted by Crippen LogP contribution is 2.23. The average molecular weight is 217 g/mol. The molecule has 2 atom stereocenters. The van der Waals surface area contributed by atoms with Crippen LogP contribution in [0.1, 0.15) is 24.5 Å². The van der Waals surface area contributed by atoms with Crippen LogP contribution in [-0.2, 0) is 0 Å². The summed E-state index contributed by atoms with van der Waals surface area (Å²) in [5, 5.41) is 10.1. The SMILES string of the molecule is CN1CC=CC[C@@H]1C[C@H](O)c1ccccc1. The minimum absolute atomic E-state index is 0.347. The lowest BCUT2D eigenvalue weighted by Crippen LogP contribution is -2.35. The van der Waals surface area contributed by atoms with Crippen molar-refractivity contribution in [1.29, 1.82) is 0 Å². The highest BCUT2D eigenvalue weighted by molar-refractivity contribution is 5.17. The van der Waals surface area contributed by atoms with Gasteiger partial charge in [-0.25, -0.2) is 0 Å². The van der Waals surface area contributed by atoms with Gasteiger partial charge < -0.3 is 5.11 Å². The molecule has 0 saturated carbocycles. The Morgan fingerprint density at radius 3 is 2.75 bits per heavy atom. The Kier molecular flexibility index (Phi) is 3.75. The van der Waals surface area contributed by atoms with Crippen molar-refractivity contribution in [3.8, 4) is 0 Å². The van der Waals surface area contributed by atoms with E-state index in [0.29, 0.717) is 6.04 Å². The minimum atomic E-state index is -0.347. The molecule has 0 aromatic heterocycles. The van der Waals surface area contributed by atoms with Crippen molar-refractivity contribution in [1.82, 2.24) is 4.90 Å². The Balaban J connectivity index is 1.97. The summed E-state index contributed by atoms with van der Waals surface area (Å²) < 4.78 is 0. The van der Waals surface area contributed by atoms with E-state index in [2.05, 4.69) is 24.1 Å². The van der Waals surface area contributed by atoms with Gasteiger partial charge in [0.1, 0.15) is 0 Å². The Bertz CT molecular complexity index is 347. The summed E-state index contributed by atoms with van der Waals surface area (Å²) in [7, 11) is 2.12. The number of rotatable bonds is 3. The summed E-state index contributed by atoms with van der Waals surface area (Å²) in [4.78, 5) is 2.30. The molecule has 2 nitrogen and oxygen atoms in total. The molecule has 86 valence electrons. The number of aliphatic hydroxyl groups excluding tert-OH is 1. The van der Waals surface area contributed by atoms with Gasteiger partial charge in [-0.05, 0) is 25.5 Å². The van der Waals surface area contributed by atoms with Crippen LogP contribution in [-0.4, -0.2) is 29.6 Å². The van der Waals surface area contributed by atoms with Crippen molar-refractivity contribution in [2.45, 2.75) is 25.0 Å². The van der Waals surface area contributed by atoms with Crippen molar-refractivity contribution in [2.75, 3.05) is 13.6 Å². The zero-order valence-electron chi connectivity index (χ0n) is 9.71. The minimum Gasteiger partial charge on any atom is -0.388 e. The first-order valence-corrected chi connectivity index (χ1v) is 5.85. The number of hydrogen-bond acceptors (Lipinski definition) is 2. The fraction of sp³-hybridized carbons (Fsp3) is 0.429. The van der Waals surface area contributed by atoms with Crippen molar-refractivity contribution < 1.29 is 5.11 Å². The maximum absolute atomic E-state index is 10.1. The fourth-order valence-electron chi connectivity index (χ4n) is 2.17. The third kappa shape index (κ3) is 2.71. The lowest BCUT2D eigenvalue weighted by atomic mass is 9.97. The molecule has 1 heterocycles. The van der Waals surface area contributed by atoms with Crippen LogP contribution in [0.5, 0.6) is 0 Å². The molecular weight excluding hydrogens is 198 g/mol. The quantitative estimate of drug-likeness (QED) is 0.786. The topological polar surface area (TPSA) is 23.5 Å². The summed E-state index contributed by atoms with van der Waals surface area (Å²) in [6, 6.07) is 10.4. The van der Waals surface area contributed by atoms with Gasteiger partial charge in [0.05, 0.1) is 6.10 Å². The van der Waals surface area contributed by atoms with Crippen molar-refractivity contribution in [2.24, 2.45) is 0 Å². The molecule has 2 heteroatoms. The Labute approximate surface area is 97.2 Å². The first-order valence-electron chi connectivity index (χ1n) is 5.85. The second-order valence-corrected chi connectivity index (χ2v) is 4.46. The number of benzene rings is 1. The van der Waals surface area contributed by atoms with E-state index in [0.717, 1.165) is 24.9 Å². The monoisotopic (exact) mass is 217 g/mol. The molecule has 0 radical (unpaired) electrons. The molecule has 1 N–H and O–H groups in total. The van der Waals surface area contributed by atoms with Crippen LogP contribution in [0.3, 0.4) is 0 Å². The average Bonchev–Trinajstić information content (AvgIpc) is 2.33. The molecule has 1 aliphatic heterocycles. The highest BCUT2D eigenvalue weighted by Gasteiger charge is 2.20. The molecular formula is C14H19NO. The lowest BCUT2D eigenvalue weighted by molar-refractivity contribution is 0.117. The molecule has 0 aliphatic carbocycles. The van der Waals surface area contributed by atoms with Crippen molar-refractivity contribution in [3.05, 3.63) is 48.0 Å². The van der Waals surface area contributed by atoms with E-state index < -0.39 is 0 Å². The summed E-state index contributed by atoms with van der Waals surface area (Å²) in [6.45, 7) is 0.992. The maximum atomic E-state index is 10.1. The van der Waals surface area contributed by atoms with Gasteiger partial charge in [0.2, 0.25) is 0 Å². The molecule has 1 aliphatic rings. The number of aliphatic hydroxyl groups is 1. The van der Waals surface area contributed by atoms with E-state index in [1.807, 2.05) is 30.3 Å². The summed E-state index contributed by atoms with van der Waals surface area (Å²) in [5.41, 5.74) is 1.02. The van der Waals surface area contributed by atoms with Crippen molar-refractivity contribution >= 4 is 0 Å². The standard InChI is InChI=1S/C14H19NO/c1-15-10-6-5-9-13(15)11-14(16)12-7-3-2-4-8-12/h2-8,13-14,16H,9-11H2,1H3/t13-,14+/m1/s1. The fourth-order valence-corrected chi connectivity index (χ4v) is 2.17. The smallest absolute Gasteiger partial charge is 0.0805 e. The summed E-state index contributed by atoms with van der Waals surface area (Å²) in [5.74, 6) is 0. The molecule has 1 aromatic rings. The second-order valence-electron chi connectivity index (χ2n) is 4.46. The first kappa shape index (κ1) is 11.4. The van der Waals surface area contributed by atoms with Crippen LogP contribution < -0.4 is 0 Å². The molecule has 2 rings (SSSR count). The maximum Gasteiger partial charge on any atom is 0.0805 e. The van der Waals surface area contributed by atoms with Crippen LogP contribution in [0.4, 0.5) is 0 Å². The molecule has 1 aromatic carbocycles. The summed E-state index contributed by atoms with van der Waals surface area (Å²) in [6.07, 6.45) is 5.90. The molecule has 0 amide bonds. The Morgan fingerprint density at radius 1 is 1.31 bits per heavy atom. The Hall–Kier alpha value is -1.12. The predicted molar refractivity (Wildman–Crippen MR) is 66.2 cm³/mol. The predicted octanol–water partition coefficient (Wildman–Crippen LogP) is 2.37. The van der Waals surface area contributed by atoms with E-state index in [4.69, 9.17) is 0 Å². The molecule has 16 heavy (non-hydrogen) atoms. The lowest BCUT2D eigenvalue weighted by Gasteiger charge is -2.30. The first-order chi connectivity index (χ1) is 7.77. The highest BCUT2D eigenvalue weighted by atomic mass is 16.3. The normalized spacial score (nSPS) is 23.2. The van der Waals surface area contributed by atoms with Crippen LogP contribution >= 0.6 is 0 Å². The zero-order chi connectivity index (χ0) is 11.4. The number of nitrogens with zero attached hydrogens (tertiary/aromatic N) is 1.